The molecule has 0 aliphatic heterocycles. The van der Waals surface area contributed by atoms with Gasteiger partial charge in [-0.25, -0.2) is 14.6 Å². The molecule has 1 amide bonds. The van der Waals surface area contributed by atoms with Crippen LogP contribution in [0.3, 0.4) is 0 Å². The van der Waals surface area contributed by atoms with Gasteiger partial charge in [-0.05, 0) is 39.3 Å². The molecule has 0 bridgehead atoms. The van der Waals surface area contributed by atoms with Crippen molar-refractivity contribution in [2.45, 2.75) is 58.8 Å². The van der Waals surface area contributed by atoms with Gasteiger partial charge < -0.3 is 33.7 Å². The summed E-state index contributed by atoms with van der Waals surface area (Å²) >= 11 is 0. The zero-order valence-corrected chi connectivity index (χ0v) is 22.4. The van der Waals surface area contributed by atoms with Gasteiger partial charge in [0, 0.05) is 25.3 Å². The third-order valence-corrected chi connectivity index (χ3v) is 5.27. The maximum atomic E-state index is 12.9. The van der Waals surface area contributed by atoms with E-state index in [9.17, 15) is 14.4 Å². The summed E-state index contributed by atoms with van der Waals surface area (Å²) in [4.78, 5) is 41.3. The minimum atomic E-state index is -0.982. The molecule has 3 atom stereocenters. The van der Waals surface area contributed by atoms with Gasteiger partial charge in [0.2, 0.25) is 6.79 Å². The summed E-state index contributed by atoms with van der Waals surface area (Å²) in [7, 11) is 1.39. The van der Waals surface area contributed by atoms with Crippen molar-refractivity contribution in [3.05, 3.63) is 48.3 Å². The molecule has 0 fully saturated rings. The van der Waals surface area contributed by atoms with Crippen molar-refractivity contribution >= 4 is 17.8 Å². The number of aromatic nitrogens is 1. The van der Waals surface area contributed by atoms with Gasteiger partial charge in [0.05, 0.1) is 7.11 Å². The molecule has 1 aromatic carbocycles. The summed E-state index contributed by atoms with van der Waals surface area (Å²) in [5.74, 6) is -1.06. The minimum Gasteiger partial charge on any atom is -0.493 e. The highest BCUT2D eigenvalue weighted by Gasteiger charge is 2.26. The Hall–Kier alpha value is -3.86. The molecular formula is C27H36N2O9. The van der Waals surface area contributed by atoms with Crippen LogP contribution in [0.1, 0.15) is 51.0 Å². The van der Waals surface area contributed by atoms with Gasteiger partial charge in [-0.3, -0.25) is 4.79 Å². The van der Waals surface area contributed by atoms with E-state index in [1.54, 1.807) is 13.8 Å². The van der Waals surface area contributed by atoms with Crippen molar-refractivity contribution < 1.29 is 42.8 Å². The molecular weight excluding hydrogens is 496 g/mol. The Morgan fingerprint density at radius 2 is 1.79 bits per heavy atom. The fourth-order valence-electron chi connectivity index (χ4n) is 3.31. The summed E-state index contributed by atoms with van der Waals surface area (Å²) in [6.07, 6.45) is 1.97. The molecule has 0 saturated heterocycles. The average molecular weight is 533 g/mol. The number of pyridine rings is 1. The number of para-hydroxylation sites is 1. The van der Waals surface area contributed by atoms with E-state index in [1.165, 1.54) is 26.3 Å². The fourth-order valence-corrected chi connectivity index (χ4v) is 3.31. The van der Waals surface area contributed by atoms with E-state index >= 15 is 0 Å². The SMILES string of the molecule is CCOCC(=O)OCOc1c(OC)ccnc1C(=O)N[C@@H](C)C(=O)O[C@@H](C)C[C@H](CC)Oc1ccccc1. The highest BCUT2D eigenvalue weighted by atomic mass is 16.7. The maximum Gasteiger partial charge on any atom is 0.334 e. The van der Waals surface area contributed by atoms with Crippen LogP contribution in [0.25, 0.3) is 0 Å². The molecule has 0 radical (unpaired) electrons. The average Bonchev–Trinajstić information content (AvgIpc) is 2.91. The molecule has 0 aliphatic carbocycles. The Balaban J connectivity index is 1.95. The van der Waals surface area contributed by atoms with Crippen molar-refractivity contribution in [1.29, 1.82) is 0 Å². The minimum absolute atomic E-state index is 0.0468. The molecule has 2 rings (SSSR count). The van der Waals surface area contributed by atoms with Crippen molar-refractivity contribution in [1.82, 2.24) is 10.3 Å². The highest BCUT2D eigenvalue weighted by Crippen LogP contribution is 2.29. The lowest BCUT2D eigenvalue weighted by molar-refractivity contribution is -0.155. The Bertz CT molecular complexity index is 1030. The Labute approximate surface area is 222 Å². The first kappa shape index (κ1) is 30.4. The number of rotatable bonds is 16. The normalized spacial score (nSPS) is 13.0. The van der Waals surface area contributed by atoms with Crippen molar-refractivity contribution in [2.24, 2.45) is 0 Å². The maximum absolute atomic E-state index is 12.9. The second kappa shape index (κ2) is 16.1. The molecule has 0 aliphatic rings. The van der Waals surface area contributed by atoms with E-state index in [0.717, 1.165) is 12.2 Å². The molecule has 1 N–H and O–H groups in total. The number of hydrogen-bond donors (Lipinski definition) is 1. The van der Waals surface area contributed by atoms with Crippen LogP contribution < -0.4 is 19.5 Å². The highest BCUT2D eigenvalue weighted by molar-refractivity contribution is 5.98. The number of benzene rings is 1. The Kier molecular flexibility index (Phi) is 12.8. The number of nitrogens with zero attached hydrogens (tertiary/aromatic N) is 1. The van der Waals surface area contributed by atoms with Gasteiger partial charge in [0.25, 0.3) is 5.91 Å². The first-order valence-corrected chi connectivity index (χ1v) is 12.4. The summed E-state index contributed by atoms with van der Waals surface area (Å²) in [5, 5.41) is 2.56. The van der Waals surface area contributed by atoms with Crippen molar-refractivity contribution in [3.8, 4) is 17.2 Å². The van der Waals surface area contributed by atoms with Crippen LogP contribution in [0.15, 0.2) is 42.6 Å². The number of nitrogens with one attached hydrogen (secondary N) is 1. The van der Waals surface area contributed by atoms with Crippen LogP contribution in [0.2, 0.25) is 0 Å². The zero-order chi connectivity index (χ0) is 27.9. The molecule has 38 heavy (non-hydrogen) atoms. The lowest BCUT2D eigenvalue weighted by Gasteiger charge is -2.23. The summed E-state index contributed by atoms with van der Waals surface area (Å²) in [6, 6.07) is 9.92. The van der Waals surface area contributed by atoms with E-state index in [1.807, 2.05) is 37.3 Å². The smallest absolute Gasteiger partial charge is 0.334 e. The molecule has 0 spiro atoms. The zero-order valence-electron chi connectivity index (χ0n) is 22.4. The molecule has 0 saturated carbocycles. The monoisotopic (exact) mass is 532 g/mol. The lowest BCUT2D eigenvalue weighted by Crippen LogP contribution is -2.41. The third-order valence-electron chi connectivity index (χ3n) is 5.27. The molecule has 11 heteroatoms. The Morgan fingerprint density at radius 3 is 2.45 bits per heavy atom. The van der Waals surface area contributed by atoms with Crippen LogP contribution in [0, 0.1) is 0 Å². The second-order valence-electron chi connectivity index (χ2n) is 8.25. The summed E-state index contributed by atoms with van der Waals surface area (Å²) < 4.78 is 32.1. The van der Waals surface area contributed by atoms with Crippen LogP contribution in [-0.2, 0) is 23.8 Å². The van der Waals surface area contributed by atoms with Crippen LogP contribution in [0.4, 0.5) is 0 Å². The van der Waals surface area contributed by atoms with Crippen molar-refractivity contribution in [3.63, 3.8) is 0 Å². The number of hydrogen-bond acceptors (Lipinski definition) is 10. The molecule has 1 aromatic heterocycles. The topological polar surface area (TPSA) is 132 Å². The third kappa shape index (κ3) is 9.89. The summed E-state index contributed by atoms with van der Waals surface area (Å²) in [6.45, 7) is 6.64. The molecule has 208 valence electrons. The molecule has 1 heterocycles. The predicted octanol–water partition coefficient (Wildman–Crippen LogP) is 3.30. The number of carbonyl (C=O) groups excluding carboxylic acids is 3. The fraction of sp³-hybridized carbons (Fsp3) is 0.481. The quantitative estimate of drug-likeness (QED) is 0.254. The second-order valence-corrected chi connectivity index (χ2v) is 8.25. The number of methoxy groups -OCH3 is 1. The van der Waals surface area contributed by atoms with E-state index in [0.29, 0.717) is 13.0 Å². The van der Waals surface area contributed by atoms with E-state index in [2.05, 4.69) is 10.3 Å². The Morgan fingerprint density at radius 1 is 1.05 bits per heavy atom. The van der Waals surface area contributed by atoms with Gasteiger partial charge in [0.15, 0.2) is 17.2 Å². The van der Waals surface area contributed by atoms with Gasteiger partial charge in [-0.1, -0.05) is 25.1 Å². The standard InChI is InChI=1S/C27H36N2O9/c1-6-20(38-21-11-9-8-10-12-21)15-18(3)37-27(32)19(4)29-26(31)24-25(22(33-5)13-14-28-24)36-17-35-23(30)16-34-7-2/h8-14,18-20H,6-7,15-17H2,1-5H3,(H,29,31)/t18-,19-,20-/m0/s1. The van der Waals surface area contributed by atoms with Crippen molar-refractivity contribution in [2.75, 3.05) is 27.1 Å². The van der Waals surface area contributed by atoms with Crippen LogP contribution >= 0.6 is 0 Å². The molecule has 0 unspecified atom stereocenters. The van der Waals surface area contributed by atoms with Crippen LogP contribution in [-0.4, -0.2) is 68.2 Å². The van der Waals surface area contributed by atoms with Crippen LogP contribution in [0.5, 0.6) is 17.2 Å². The first-order chi connectivity index (χ1) is 18.3. The van der Waals surface area contributed by atoms with E-state index in [4.69, 9.17) is 28.4 Å². The van der Waals surface area contributed by atoms with Gasteiger partial charge in [0.1, 0.15) is 30.6 Å². The lowest BCUT2D eigenvalue weighted by atomic mass is 10.1. The number of carbonyl (C=O) groups is 3. The van der Waals surface area contributed by atoms with E-state index < -0.39 is 36.8 Å². The predicted molar refractivity (Wildman–Crippen MR) is 137 cm³/mol. The van der Waals surface area contributed by atoms with E-state index in [-0.39, 0.29) is 29.9 Å². The molecule has 2 aromatic rings. The first-order valence-electron chi connectivity index (χ1n) is 12.4. The van der Waals surface area contributed by atoms with Gasteiger partial charge >= 0.3 is 11.9 Å². The molecule has 11 nitrogen and oxygen atoms in total. The largest absolute Gasteiger partial charge is 0.493 e. The number of ether oxygens (including phenoxy) is 6. The summed E-state index contributed by atoms with van der Waals surface area (Å²) in [5.41, 5.74) is -0.153. The number of amides is 1. The van der Waals surface area contributed by atoms with Gasteiger partial charge in [-0.2, -0.15) is 0 Å². The number of esters is 2. The van der Waals surface area contributed by atoms with Gasteiger partial charge in [-0.15, -0.1) is 0 Å².